The van der Waals surface area contributed by atoms with Gasteiger partial charge in [-0.25, -0.2) is 0 Å². The first kappa shape index (κ1) is 15.0. The van der Waals surface area contributed by atoms with Crippen molar-refractivity contribution >= 4 is 11.8 Å². The molecule has 1 unspecified atom stereocenters. The second-order valence-electron chi connectivity index (χ2n) is 4.88. The third-order valence-electron chi connectivity index (χ3n) is 3.54. The molecule has 1 fully saturated rings. The first-order valence-corrected chi connectivity index (χ1v) is 6.80. The summed E-state index contributed by atoms with van der Waals surface area (Å²) in [5.74, 6) is 0.535. The standard InChI is InChI=1S/C13H25N3O2/c1-4-16(5-2)13(18)10-15(3)12(17)8-11-6-7-14-9-11/h11,14H,4-10H2,1-3H3. The quantitative estimate of drug-likeness (QED) is 0.743. The molecule has 0 aromatic carbocycles. The van der Waals surface area contributed by atoms with E-state index in [9.17, 15) is 9.59 Å². The second kappa shape index (κ2) is 7.36. The number of amides is 2. The summed E-state index contributed by atoms with van der Waals surface area (Å²) in [4.78, 5) is 27.1. The Kier molecular flexibility index (Phi) is 6.12. The van der Waals surface area contributed by atoms with Crippen LogP contribution in [-0.4, -0.2) is 61.4 Å². The van der Waals surface area contributed by atoms with Crippen LogP contribution < -0.4 is 5.32 Å². The highest BCUT2D eigenvalue weighted by molar-refractivity contribution is 5.84. The highest BCUT2D eigenvalue weighted by Crippen LogP contribution is 2.13. The smallest absolute Gasteiger partial charge is 0.242 e. The lowest BCUT2D eigenvalue weighted by molar-refractivity contribution is -0.139. The summed E-state index contributed by atoms with van der Waals surface area (Å²) in [6.07, 6.45) is 1.61. The minimum Gasteiger partial charge on any atom is -0.342 e. The molecular weight excluding hydrogens is 230 g/mol. The number of likely N-dealkylation sites (N-methyl/N-ethyl adjacent to an activating group) is 2. The van der Waals surface area contributed by atoms with Crippen LogP contribution in [0.2, 0.25) is 0 Å². The Bertz CT molecular complexity index is 284. The lowest BCUT2D eigenvalue weighted by Gasteiger charge is -2.23. The van der Waals surface area contributed by atoms with Gasteiger partial charge in [0.05, 0.1) is 6.54 Å². The zero-order valence-corrected chi connectivity index (χ0v) is 11.7. The van der Waals surface area contributed by atoms with Crippen LogP contribution in [0.15, 0.2) is 0 Å². The number of carbonyl (C=O) groups excluding carboxylic acids is 2. The highest BCUT2D eigenvalue weighted by Gasteiger charge is 2.22. The van der Waals surface area contributed by atoms with E-state index < -0.39 is 0 Å². The number of nitrogens with one attached hydrogen (secondary N) is 1. The molecule has 1 heterocycles. The molecule has 0 spiro atoms. The molecule has 0 aliphatic carbocycles. The molecule has 1 rings (SSSR count). The first-order chi connectivity index (χ1) is 8.58. The number of rotatable bonds is 6. The lowest BCUT2D eigenvalue weighted by atomic mass is 10.0. The Morgan fingerprint density at radius 3 is 2.39 bits per heavy atom. The van der Waals surface area contributed by atoms with E-state index in [1.807, 2.05) is 13.8 Å². The van der Waals surface area contributed by atoms with Crippen LogP contribution in [0, 0.1) is 5.92 Å². The Morgan fingerprint density at radius 1 is 1.22 bits per heavy atom. The third kappa shape index (κ3) is 4.29. The van der Waals surface area contributed by atoms with Crippen molar-refractivity contribution in [2.75, 3.05) is 39.8 Å². The van der Waals surface area contributed by atoms with E-state index in [0.29, 0.717) is 25.4 Å². The highest BCUT2D eigenvalue weighted by atomic mass is 16.2. The van der Waals surface area contributed by atoms with E-state index in [1.54, 1.807) is 16.8 Å². The molecular formula is C13H25N3O2. The minimum atomic E-state index is 0.0281. The van der Waals surface area contributed by atoms with Gasteiger partial charge < -0.3 is 15.1 Å². The molecule has 104 valence electrons. The zero-order chi connectivity index (χ0) is 13.5. The molecule has 0 aromatic heterocycles. The fraction of sp³-hybridized carbons (Fsp3) is 0.846. The minimum absolute atomic E-state index is 0.0281. The molecule has 1 atom stereocenters. The van der Waals surface area contributed by atoms with Crippen LogP contribution >= 0.6 is 0 Å². The van der Waals surface area contributed by atoms with Gasteiger partial charge in [0, 0.05) is 26.6 Å². The van der Waals surface area contributed by atoms with Gasteiger partial charge in [0.2, 0.25) is 11.8 Å². The summed E-state index contributed by atoms with van der Waals surface area (Å²) in [5, 5.41) is 3.25. The van der Waals surface area contributed by atoms with Crippen molar-refractivity contribution < 1.29 is 9.59 Å². The molecule has 0 saturated carbocycles. The summed E-state index contributed by atoms with van der Waals surface area (Å²) in [6.45, 7) is 7.42. The maximum Gasteiger partial charge on any atom is 0.242 e. The molecule has 0 radical (unpaired) electrons. The average molecular weight is 255 g/mol. The molecule has 1 aliphatic heterocycles. The van der Waals surface area contributed by atoms with E-state index >= 15 is 0 Å². The van der Waals surface area contributed by atoms with Crippen LogP contribution in [0.3, 0.4) is 0 Å². The number of hydrogen-bond acceptors (Lipinski definition) is 3. The summed E-state index contributed by atoms with van der Waals surface area (Å²) >= 11 is 0. The van der Waals surface area contributed by atoms with E-state index in [4.69, 9.17) is 0 Å². The molecule has 5 heteroatoms. The fourth-order valence-corrected chi connectivity index (χ4v) is 2.26. The largest absolute Gasteiger partial charge is 0.342 e. The number of nitrogens with zero attached hydrogens (tertiary/aromatic N) is 2. The predicted molar refractivity (Wildman–Crippen MR) is 71.2 cm³/mol. The number of hydrogen-bond donors (Lipinski definition) is 1. The summed E-state index contributed by atoms with van der Waals surface area (Å²) in [6, 6.07) is 0. The van der Waals surface area contributed by atoms with Gasteiger partial charge in [0.15, 0.2) is 0 Å². The van der Waals surface area contributed by atoms with Crippen molar-refractivity contribution in [3.05, 3.63) is 0 Å². The normalized spacial score (nSPS) is 18.7. The van der Waals surface area contributed by atoms with Crippen molar-refractivity contribution in [1.29, 1.82) is 0 Å². The predicted octanol–water partition coefficient (Wildman–Crippen LogP) is 0.313. The fourth-order valence-electron chi connectivity index (χ4n) is 2.26. The SMILES string of the molecule is CCN(CC)C(=O)CN(C)C(=O)CC1CCNC1. The average Bonchev–Trinajstić information content (AvgIpc) is 2.83. The van der Waals surface area contributed by atoms with Crippen molar-refractivity contribution in [1.82, 2.24) is 15.1 Å². The van der Waals surface area contributed by atoms with Crippen molar-refractivity contribution in [3.63, 3.8) is 0 Å². The molecule has 5 nitrogen and oxygen atoms in total. The molecule has 1 aliphatic rings. The van der Waals surface area contributed by atoms with Crippen molar-refractivity contribution in [2.24, 2.45) is 5.92 Å². The van der Waals surface area contributed by atoms with Gasteiger partial charge in [0.1, 0.15) is 0 Å². The van der Waals surface area contributed by atoms with Crippen LogP contribution in [-0.2, 0) is 9.59 Å². The molecule has 1 saturated heterocycles. The van der Waals surface area contributed by atoms with Crippen LogP contribution in [0.25, 0.3) is 0 Å². The van der Waals surface area contributed by atoms with Crippen LogP contribution in [0.5, 0.6) is 0 Å². The molecule has 1 N–H and O–H groups in total. The van der Waals surface area contributed by atoms with Gasteiger partial charge in [-0.3, -0.25) is 9.59 Å². The van der Waals surface area contributed by atoms with E-state index in [1.165, 1.54) is 0 Å². The summed E-state index contributed by atoms with van der Waals surface area (Å²) in [7, 11) is 1.71. The van der Waals surface area contributed by atoms with E-state index in [0.717, 1.165) is 19.5 Å². The Balaban J connectivity index is 2.36. The van der Waals surface area contributed by atoms with E-state index in [-0.39, 0.29) is 18.4 Å². The number of carbonyl (C=O) groups is 2. The van der Waals surface area contributed by atoms with Gasteiger partial charge in [0.25, 0.3) is 0 Å². The monoisotopic (exact) mass is 255 g/mol. The topological polar surface area (TPSA) is 52.7 Å². The van der Waals surface area contributed by atoms with Crippen LogP contribution in [0.1, 0.15) is 26.7 Å². The Morgan fingerprint density at radius 2 is 1.89 bits per heavy atom. The van der Waals surface area contributed by atoms with Crippen molar-refractivity contribution in [2.45, 2.75) is 26.7 Å². The molecule has 0 aromatic rings. The van der Waals surface area contributed by atoms with Gasteiger partial charge >= 0.3 is 0 Å². The molecule has 18 heavy (non-hydrogen) atoms. The van der Waals surface area contributed by atoms with E-state index in [2.05, 4.69) is 5.32 Å². The van der Waals surface area contributed by atoms with Gasteiger partial charge in [-0.15, -0.1) is 0 Å². The Hall–Kier alpha value is -1.10. The molecule has 0 bridgehead atoms. The first-order valence-electron chi connectivity index (χ1n) is 6.80. The lowest BCUT2D eigenvalue weighted by Crippen LogP contribution is -2.41. The van der Waals surface area contributed by atoms with Crippen molar-refractivity contribution in [3.8, 4) is 0 Å². The van der Waals surface area contributed by atoms with Crippen LogP contribution in [0.4, 0.5) is 0 Å². The zero-order valence-electron chi connectivity index (χ0n) is 11.7. The maximum absolute atomic E-state index is 12.0. The summed E-state index contributed by atoms with van der Waals surface area (Å²) < 4.78 is 0. The maximum atomic E-state index is 12.0. The Labute approximate surface area is 110 Å². The van der Waals surface area contributed by atoms with Gasteiger partial charge in [-0.2, -0.15) is 0 Å². The van der Waals surface area contributed by atoms with Gasteiger partial charge in [-0.1, -0.05) is 0 Å². The van der Waals surface area contributed by atoms with Gasteiger partial charge in [-0.05, 0) is 39.3 Å². The second-order valence-corrected chi connectivity index (χ2v) is 4.88. The molecule has 2 amide bonds. The summed E-state index contributed by atoms with van der Waals surface area (Å²) in [5.41, 5.74) is 0. The third-order valence-corrected chi connectivity index (χ3v) is 3.54.